The van der Waals surface area contributed by atoms with Gasteiger partial charge in [-0.25, -0.2) is 4.98 Å². The number of fused-ring (bicyclic) bond motifs is 1. The van der Waals surface area contributed by atoms with Crippen molar-refractivity contribution in [1.29, 1.82) is 0 Å². The summed E-state index contributed by atoms with van der Waals surface area (Å²) in [5, 5.41) is 4.07. The standard InChI is InChI=1S/C15H15ClN4/c1-11-3-2-6-18-14(11)8-17-7-13-10-20-9-12(16)4-5-15(20)19-13/h2-6,9-10,17H,7-8H2,1H3. The third-order valence-corrected chi connectivity index (χ3v) is 3.40. The fourth-order valence-corrected chi connectivity index (χ4v) is 2.28. The van der Waals surface area contributed by atoms with Crippen molar-refractivity contribution in [3.8, 4) is 0 Å². The van der Waals surface area contributed by atoms with Crippen LogP contribution in [0.3, 0.4) is 0 Å². The first-order chi connectivity index (χ1) is 9.72. The second-order valence-electron chi connectivity index (χ2n) is 4.72. The van der Waals surface area contributed by atoms with Gasteiger partial charge in [0, 0.05) is 31.7 Å². The molecule has 0 aliphatic carbocycles. The zero-order chi connectivity index (χ0) is 13.9. The van der Waals surface area contributed by atoms with Crippen LogP contribution in [0.1, 0.15) is 17.0 Å². The van der Waals surface area contributed by atoms with Crippen molar-refractivity contribution in [2.24, 2.45) is 0 Å². The van der Waals surface area contributed by atoms with Gasteiger partial charge in [0.15, 0.2) is 0 Å². The molecule has 0 radical (unpaired) electrons. The van der Waals surface area contributed by atoms with E-state index in [1.54, 1.807) is 0 Å². The minimum atomic E-state index is 0.704. The van der Waals surface area contributed by atoms with E-state index in [2.05, 4.69) is 28.3 Å². The number of hydrogen-bond acceptors (Lipinski definition) is 3. The van der Waals surface area contributed by atoms with E-state index in [9.17, 15) is 0 Å². The Kier molecular flexibility index (Phi) is 3.67. The quantitative estimate of drug-likeness (QED) is 0.802. The van der Waals surface area contributed by atoms with E-state index in [1.165, 1.54) is 5.56 Å². The highest BCUT2D eigenvalue weighted by Gasteiger charge is 2.03. The maximum Gasteiger partial charge on any atom is 0.137 e. The molecule has 0 amide bonds. The van der Waals surface area contributed by atoms with Crippen molar-refractivity contribution in [1.82, 2.24) is 19.7 Å². The highest BCUT2D eigenvalue weighted by molar-refractivity contribution is 6.30. The van der Waals surface area contributed by atoms with Crippen molar-refractivity contribution < 1.29 is 0 Å². The molecule has 3 rings (SSSR count). The number of halogens is 1. The third-order valence-electron chi connectivity index (χ3n) is 3.18. The zero-order valence-corrected chi connectivity index (χ0v) is 11.9. The first-order valence-corrected chi connectivity index (χ1v) is 6.84. The average Bonchev–Trinajstić information content (AvgIpc) is 2.83. The summed E-state index contributed by atoms with van der Waals surface area (Å²) in [6, 6.07) is 7.77. The maximum absolute atomic E-state index is 5.96. The summed E-state index contributed by atoms with van der Waals surface area (Å²) in [5.41, 5.74) is 4.15. The van der Waals surface area contributed by atoms with Gasteiger partial charge in [-0.15, -0.1) is 0 Å². The first-order valence-electron chi connectivity index (χ1n) is 6.47. The number of imidazole rings is 1. The highest BCUT2D eigenvalue weighted by atomic mass is 35.5. The van der Waals surface area contributed by atoms with E-state index in [-0.39, 0.29) is 0 Å². The van der Waals surface area contributed by atoms with Gasteiger partial charge in [-0.1, -0.05) is 17.7 Å². The lowest BCUT2D eigenvalue weighted by Gasteiger charge is -2.04. The monoisotopic (exact) mass is 286 g/mol. The van der Waals surface area contributed by atoms with Crippen LogP contribution >= 0.6 is 11.6 Å². The van der Waals surface area contributed by atoms with Gasteiger partial charge in [0.25, 0.3) is 0 Å². The summed E-state index contributed by atoms with van der Waals surface area (Å²) >= 11 is 5.96. The SMILES string of the molecule is Cc1cccnc1CNCc1cn2cc(Cl)ccc2n1. The molecule has 0 bridgehead atoms. The number of aryl methyl sites for hydroxylation is 1. The Morgan fingerprint density at radius 1 is 1.20 bits per heavy atom. The van der Waals surface area contributed by atoms with E-state index in [1.807, 2.05) is 41.2 Å². The lowest BCUT2D eigenvalue weighted by molar-refractivity contribution is 0.667. The van der Waals surface area contributed by atoms with Gasteiger partial charge in [-0.3, -0.25) is 4.98 Å². The van der Waals surface area contributed by atoms with Gasteiger partial charge in [-0.2, -0.15) is 0 Å². The minimum absolute atomic E-state index is 0.704. The van der Waals surface area contributed by atoms with Crippen molar-refractivity contribution in [3.63, 3.8) is 0 Å². The lowest BCUT2D eigenvalue weighted by atomic mass is 10.2. The van der Waals surface area contributed by atoms with Crippen molar-refractivity contribution >= 4 is 17.2 Å². The van der Waals surface area contributed by atoms with Crippen LogP contribution in [-0.4, -0.2) is 14.4 Å². The number of nitrogens with one attached hydrogen (secondary N) is 1. The number of rotatable bonds is 4. The first kappa shape index (κ1) is 13.1. The molecule has 0 spiro atoms. The van der Waals surface area contributed by atoms with Crippen LogP contribution in [0.4, 0.5) is 0 Å². The molecule has 0 aromatic carbocycles. The summed E-state index contributed by atoms with van der Waals surface area (Å²) in [4.78, 5) is 8.89. The molecule has 0 unspecified atom stereocenters. The molecular weight excluding hydrogens is 272 g/mol. The maximum atomic E-state index is 5.96. The Morgan fingerprint density at radius 3 is 2.95 bits per heavy atom. The van der Waals surface area contributed by atoms with Crippen LogP contribution in [0, 0.1) is 6.92 Å². The molecule has 3 aromatic heterocycles. The van der Waals surface area contributed by atoms with Crippen LogP contribution in [0.25, 0.3) is 5.65 Å². The van der Waals surface area contributed by atoms with Crippen molar-refractivity contribution in [2.45, 2.75) is 20.0 Å². The summed E-state index contributed by atoms with van der Waals surface area (Å²) in [6.07, 6.45) is 5.66. The normalized spacial score (nSPS) is 11.1. The molecule has 20 heavy (non-hydrogen) atoms. The average molecular weight is 287 g/mol. The second kappa shape index (κ2) is 5.61. The molecule has 0 saturated carbocycles. The fraction of sp³-hybridized carbons (Fsp3) is 0.200. The van der Waals surface area contributed by atoms with Crippen LogP contribution in [0.15, 0.2) is 42.9 Å². The Balaban J connectivity index is 1.67. The van der Waals surface area contributed by atoms with E-state index < -0.39 is 0 Å². The predicted octanol–water partition coefficient (Wildman–Crippen LogP) is 2.98. The molecule has 5 heteroatoms. The van der Waals surface area contributed by atoms with E-state index in [0.717, 1.165) is 23.6 Å². The lowest BCUT2D eigenvalue weighted by Crippen LogP contribution is -2.14. The smallest absolute Gasteiger partial charge is 0.137 e. The van der Waals surface area contributed by atoms with E-state index >= 15 is 0 Å². The van der Waals surface area contributed by atoms with Gasteiger partial charge in [0.05, 0.1) is 16.4 Å². The van der Waals surface area contributed by atoms with Crippen LogP contribution in [0.5, 0.6) is 0 Å². The summed E-state index contributed by atoms with van der Waals surface area (Å²) in [5.74, 6) is 0. The van der Waals surface area contributed by atoms with Gasteiger partial charge in [-0.05, 0) is 30.7 Å². The molecule has 0 saturated heterocycles. The number of aromatic nitrogens is 3. The second-order valence-corrected chi connectivity index (χ2v) is 5.15. The molecule has 0 atom stereocenters. The van der Waals surface area contributed by atoms with Crippen LogP contribution in [-0.2, 0) is 13.1 Å². The predicted molar refractivity (Wildman–Crippen MR) is 79.7 cm³/mol. The summed E-state index contributed by atoms with van der Waals surface area (Å²) in [7, 11) is 0. The number of hydrogen-bond donors (Lipinski definition) is 1. The summed E-state index contributed by atoms with van der Waals surface area (Å²) < 4.78 is 1.94. The zero-order valence-electron chi connectivity index (χ0n) is 11.2. The Morgan fingerprint density at radius 2 is 2.10 bits per heavy atom. The molecule has 0 fully saturated rings. The van der Waals surface area contributed by atoms with Crippen molar-refractivity contribution in [3.05, 3.63) is 64.8 Å². The Bertz CT molecular complexity index is 736. The summed E-state index contributed by atoms with van der Waals surface area (Å²) in [6.45, 7) is 3.51. The highest BCUT2D eigenvalue weighted by Crippen LogP contribution is 2.11. The Labute approximate surface area is 122 Å². The molecule has 102 valence electrons. The van der Waals surface area contributed by atoms with Gasteiger partial charge >= 0.3 is 0 Å². The number of pyridine rings is 2. The topological polar surface area (TPSA) is 42.2 Å². The molecule has 1 N–H and O–H groups in total. The van der Waals surface area contributed by atoms with E-state index in [4.69, 9.17) is 11.6 Å². The molecule has 4 nitrogen and oxygen atoms in total. The number of nitrogens with zero attached hydrogens (tertiary/aromatic N) is 3. The van der Waals surface area contributed by atoms with Gasteiger partial charge < -0.3 is 9.72 Å². The molecule has 0 aliphatic heterocycles. The van der Waals surface area contributed by atoms with E-state index in [0.29, 0.717) is 11.6 Å². The molecular formula is C15H15ClN4. The Hall–Kier alpha value is -1.91. The molecule has 3 heterocycles. The van der Waals surface area contributed by atoms with Gasteiger partial charge in [0.1, 0.15) is 5.65 Å². The molecule has 3 aromatic rings. The minimum Gasteiger partial charge on any atom is -0.305 e. The van der Waals surface area contributed by atoms with Crippen LogP contribution in [0.2, 0.25) is 5.02 Å². The largest absolute Gasteiger partial charge is 0.305 e. The van der Waals surface area contributed by atoms with Crippen LogP contribution < -0.4 is 5.32 Å². The molecule has 0 aliphatic rings. The fourth-order valence-electron chi connectivity index (χ4n) is 2.11. The van der Waals surface area contributed by atoms with Gasteiger partial charge in [0.2, 0.25) is 0 Å². The third kappa shape index (κ3) is 2.81. The van der Waals surface area contributed by atoms with Crippen molar-refractivity contribution in [2.75, 3.05) is 0 Å².